The van der Waals surface area contributed by atoms with Gasteiger partial charge < -0.3 is 25.0 Å². The number of piperidine rings is 1. The number of likely N-dealkylation sites (N-methyl/N-ethyl adjacent to an activating group) is 1. The summed E-state index contributed by atoms with van der Waals surface area (Å²) in [6.45, 7) is 3.85. The van der Waals surface area contributed by atoms with Crippen molar-refractivity contribution < 1.29 is 33.0 Å². The van der Waals surface area contributed by atoms with Crippen LogP contribution in [-0.2, 0) is 9.59 Å². The van der Waals surface area contributed by atoms with Crippen LogP contribution in [0.15, 0.2) is 48.9 Å². The normalized spacial score (nSPS) is 17.6. The van der Waals surface area contributed by atoms with E-state index in [4.69, 9.17) is 4.74 Å². The van der Waals surface area contributed by atoms with Gasteiger partial charge in [0.1, 0.15) is 6.04 Å². The van der Waals surface area contributed by atoms with Crippen LogP contribution < -0.4 is 10.1 Å². The van der Waals surface area contributed by atoms with E-state index in [9.17, 15) is 28.3 Å². The number of aromatic nitrogens is 3. The minimum atomic E-state index is -1.09. The number of aliphatic carboxylic acids is 1. The number of fused-ring (bicyclic) bond motifs is 1. The van der Waals surface area contributed by atoms with Gasteiger partial charge in [-0.1, -0.05) is 0 Å². The van der Waals surface area contributed by atoms with Gasteiger partial charge in [0.25, 0.3) is 5.91 Å². The number of piperazine rings is 1. The molecule has 246 valence electrons. The van der Waals surface area contributed by atoms with Gasteiger partial charge in [-0.25, -0.2) is 14.4 Å². The summed E-state index contributed by atoms with van der Waals surface area (Å²) in [5, 5.41) is 12.7. The van der Waals surface area contributed by atoms with Crippen LogP contribution in [0.25, 0.3) is 16.9 Å². The molecule has 2 aliphatic rings. The lowest BCUT2D eigenvalue weighted by Gasteiger charge is -2.40. The van der Waals surface area contributed by atoms with Gasteiger partial charge in [0.2, 0.25) is 11.7 Å². The molecule has 4 aromatic rings. The molecule has 1 atom stereocenters. The fourth-order valence-electron chi connectivity index (χ4n) is 6.31. The topological polar surface area (TPSA) is 133 Å². The molecule has 0 bridgehead atoms. The smallest absolute Gasteiger partial charge is 0.322 e. The zero-order chi connectivity index (χ0) is 33.4. The number of halogens is 2. The Morgan fingerprint density at radius 3 is 2.47 bits per heavy atom. The van der Waals surface area contributed by atoms with Crippen LogP contribution in [0, 0.1) is 24.5 Å². The number of benzene rings is 2. The van der Waals surface area contributed by atoms with Gasteiger partial charge in [0, 0.05) is 67.8 Å². The summed E-state index contributed by atoms with van der Waals surface area (Å²) in [5.41, 5.74) is 2.67. The first kappa shape index (κ1) is 31.9. The number of anilines is 2. The van der Waals surface area contributed by atoms with Crippen LogP contribution in [0.5, 0.6) is 5.75 Å². The summed E-state index contributed by atoms with van der Waals surface area (Å²) in [7, 11) is 3.02. The molecule has 2 fully saturated rings. The molecule has 1 unspecified atom stereocenters. The highest BCUT2D eigenvalue weighted by Crippen LogP contribution is 2.32. The Morgan fingerprint density at radius 2 is 1.77 bits per heavy atom. The lowest BCUT2D eigenvalue weighted by atomic mass is 9.93. The number of aryl methyl sites for hydroxylation is 1. The van der Waals surface area contributed by atoms with Crippen molar-refractivity contribution in [3.05, 3.63) is 71.7 Å². The van der Waals surface area contributed by atoms with E-state index < -0.39 is 23.6 Å². The number of carboxylic acids is 1. The number of carbonyl (C=O) groups excluding carboxylic acids is 2. The predicted molar refractivity (Wildman–Crippen MR) is 169 cm³/mol. The fourth-order valence-corrected chi connectivity index (χ4v) is 6.31. The van der Waals surface area contributed by atoms with Gasteiger partial charge in [-0.3, -0.25) is 23.7 Å². The monoisotopic (exact) mass is 647 g/mol. The number of hydrogen-bond acceptors (Lipinski definition) is 8. The summed E-state index contributed by atoms with van der Waals surface area (Å²) in [6, 6.07) is 7.38. The molecular formula is C33H35F2N7O5. The van der Waals surface area contributed by atoms with Gasteiger partial charge in [0.15, 0.2) is 23.0 Å². The van der Waals surface area contributed by atoms with Gasteiger partial charge in [0.05, 0.1) is 19.0 Å². The standard InChI is InChI=1S/C33H35F2N7O5/c1-19-16-21(38-29-30-37-17-24(42(30)13-10-36-29)23-6-7-26(47-3)28(35)27(23)34)4-5-22(19)32(44)40-11-8-20(9-12-40)31(43)41-15-14-39(2)25(18-41)33(45)46/h4-7,10,13,16-17,20,25H,8-9,11-12,14-15,18H2,1-3H3,(H,36,38)(H,45,46). The second kappa shape index (κ2) is 12.9. The largest absolute Gasteiger partial charge is 0.494 e. The zero-order valence-electron chi connectivity index (χ0n) is 26.2. The van der Waals surface area contributed by atoms with Crippen molar-refractivity contribution in [3.8, 4) is 17.0 Å². The Kier molecular flexibility index (Phi) is 8.78. The van der Waals surface area contributed by atoms with E-state index in [0.717, 1.165) is 5.56 Å². The van der Waals surface area contributed by atoms with E-state index in [1.54, 1.807) is 44.5 Å². The summed E-state index contributed by atoms with van der Waals surface area (Å²) in [4.78, 5) is 52.2. The molecule has 2 aromatic carbocycles. The molecule has 2 aliphatic heterocycles. The molecule has 0 spiro atoms. The average molecular weight is 648 g/mol. The first-order valence-corrected chi connectivity index (χ1v) is 15.3. The van der Waals surface area contributed by atoms with Gasteiger partial charge in [-0.05, 0) is 62.7 Å². The Balaban J connectivity index is 1.12. The Hall–Kier alpha value is -5.11. The number of rotatable bonds is 7. The second-order valence-corrected chi connectivity index (χ2v) is 11.9. The SMILES string of the molecule is COc1ccc(-c2cnc3c(Nc4ccc(C(=O)N5CCC(C(=O)N6CCN(C)C(C(=O)O)C6)CC5)c(C)c4)nccn23)c(F)c1F. The molecule has 4 heterocycles. The summed E-state index contributed by atoms with van der Waals surface area (Å²) >= 11 is 0. The van der Waals surface area contributed by atoms with Crippen LogP contribution in [0.3, 0.4) is 0 Å². The van der Waals surface area contributed by atoms with Crippen molar-refractivity contribution in [2.75, 3.05) is 52.2 Å². The van der Waals surface area contributed by atoms with Crippen LogP contribution in [-0.4, -0.2) is 105 Å². The summed E-state index contributed by atoms with van der Waals surface area (Å²) < 4.78 is 35.7. The second-order valence-electron chi connectivity index (χ2n) is 11.9. The van der Waals surface area contributed by atoms with Crippen LogP contribution in [0.1, 0.15) is 28.8 Å². The number of nitrogens with zero attached hydrogens (tertiary/aromatic N) is 6. The molecule has 2 saturated heterocycles. The number of carboxylic acid groups (broad SMARTS) is 1. The van der Waals surface area contributed by atoms with Crippen LogP contribution in [0.4, 0.5) is 20.3 Å². The molecular weight excluding hydrogens is 612 g/mol. The van der Waals surface area contributed by atoms with Crippen molar-refractivity contribution in [1.82, 2.24) is 29.1 Å². The quantitative estimate of drug-likeness (QED) is 0.307. The molecule has 14 heteroatoms. The van der Waals surface area contributed by atoms with Gasteiger partial charge >= 0.3 is 5.97 Å². The first-order chi connectivity index (χ1) is 22.6. The summed E-state index contributed by atoms with van der Waals surface area (Å²) in [5.74, 6) is -3.30. The third kappa shape index (κ3) is 6.08. The van der Waals surface area contributed by atoms with E-state index in [-0.39, 0.29) is 35.6 Å². The fraction of sp³-hybridized carbons (Fsp3) is 0.364. The molecule has 2 amide bonds. The van der Waals surface area contributed by atoms with Gasteiger partial charge in [-0.15, -0.1) is 0 Å². The first-order valence-electron chi connectivity index (χ1n) is 15.3. The number of likely N-dealkylation sites (tertiary alicyclic amines) is 1. The lowest BCUT2D eigenvalue weighted by molar-refractivity contribution is -0.149. The highest BCUT2D eigenvalue weighted by atomic mass is 19.2. The number of ether oxygens (including phenoxy) is 1. The highest BCUT2D eigenvalue weighted by molar-refractivity contribution is 5.96. The van der Waals surface area contributed by atoms with Crippen molar-refractivity contribution in [3.63, 3.8) is 0 Å². The van der Waals surface area contributed by atoms with Crippen molar-refractivity contribution >= 4 is 34.9 Å². The molecule has 12 nitrogen and oxygen atoms in total. The lowest BCUT2D eigenvalue weighted by Crippen LogP contribution is -2.57. The minimum Gasteiger partial charge on any atom is -0.494 e. The molecule has 47 heavy (non-hydrogen) atoms. The predicted octanol–water partition coefficient (Wildman–Crippen LogP) is 3.81. The summed E-state index contributed by atoms with van der Waals surface area (Å²) in [6.07, 6.45) is 5.59. The van der Waals surface area contributed by atoms with E-state index in [1.807, 2.05) is 13.0 Å². The minimum absolute atomic E-state index is 0.0196. The molecule has 2 N–H and O–H groups in total. The van der Waals surface area contributed by atoms with Crippen molar-refractivity contribution in [2.45, 2.75) is 25.8 Å². The zero-order valence-corrected chi connectivity index (χ0v) is 26.2. The maximum Gasteiger partial charge on any atom is 0.322 e. The highest BCUT2D eigenvalue weighted by Gasteiger charge is 2.36. The number of hydrogen-bond donors (Lipinski definition) is 2. The third-order valence-electron chi connectivity index (χ3n) is 9.07. The third-order valence-corrected chi connectivity index (χ3v) is 9.07. The van der Waals surface area contributed by atoms with Gasteiger partial charge in [-0.2, -0.15) is 4.39 Å². The van der Waals surface area contributed by atoms with Crippen LogP contribution >= 0.6 is 0 Å². The number of carbonyl (C=O) groups is 3. The maximum atomic E-state index is 14.9. The van der Waals surface area contributed by atoms with Crippen molar-refractivity contribution in [1.29, 1.82) is 0 Å². The number of nitrogens with one attached hydrogen (secondary N) is 1. The van der Waals surface area contributed by atoms with E-state index in [1.165, 1.54) is 31.6 Å². The maximum absolute atomic E-state index is 14.9. The number of imidazole rings is 1. The molecule has 2 aromatic heterocycles. The van der Waals surface area contributed by atoms with Crippen LogP contribution in [0.2, 0.25) is 0 Å². The van der Waals surface area contributed by atoms with E-state index in [0.29, 0.717) is 67.4 Å². The number of amides is 2. The Morgan fingerprint density at radius 1 is 1.00 bits per heavy atom. The molecule has 0 saturated carbocycles. The molecule has 0 radical (unpaired) electrons. The number of methoxy groups -OCH3 is 1. The molecule has 0 aliphatic carbocycles. The Labute approximate surface area is 269 Å². The van der Waals surface area contributed by atoms with Crippen molar-refractivity contribution in [2.24, 2.45) is 5.92 Å². The van der Waals surface area contributed by atoms with E-state index >= 15 is 0 Å². The molecule has 6 rings (SSSR count). The van der Waals surface area contributed by atoms with E-state index in [2.05, 4.69) is 15.3 Å². The average Bonchev–Trinajstić information content (AvgIpc) is 3.50. The Bertz CT molecular complexity index is 1860.